The molecule has 2 rings (SSSR count). The molecule has 0 saturated carbocycles. The van der Waals surface area contributed by atoms with E-state index >= 15 is 0 Å². The van der Waals surface area contributed by atoms with E-state index < -0.39 is 5.97 Å². The molecule has 0 atom stereocenters. The van der Waals surface area contributed by atoms with Crippen molar-refractivity contribution < 1.29 is 19.1 Å². The number of ether oxygens (including phenoxy) is 1. The van der Waals surface area contributed by atoms with Gasteiger partial charge < -0.3 is 4.74 Å². The van der Waals surface area contributed by atoms with Gasteiger partial charge in [0.1, 0.15) is 0 Å². The van der Waals surface area contributed by atoms with E-state index in [4.69, 9.17) is 0 Å². The van der Waals surface area contributed by atoms with Crippen LogP contribution in [0.1, 0.15) is 26.3 Å². The van der Waals surface area contributed by atoms with E-state index in [2.05, 4.69) is 4.74 Å². The van der Waals surface area contributed by atoms with E-state index in [1.807, 2.05) is 0 Å². The fourth-order valence-electron chi connectivity index (χ4n) is 1.85. The van der Waals surface area contributed by atoms with Gasteiger partial charge in [0, 0.05) is 7.05 Å². The van der Waals surface area contributed by atoms with Crippen molar-refractivity contribution in [1.29, 1.82) is 0 Å². The zero-order valence-electron chi connectivity index (χ0n) is 9.52. The van der Waals surface area contributed by atoms with Gasteiger partial charge in [-0.2, -0.15) is 0 Å². The maximum Gasteiger partial charge on any atom is 0.310 e. The third kappa shape index (κ3) is 1.69. The summed E-state index contributed by atoms with van der Waals surface area (Å²) in [4.78, 5) is 35.8. The van der Waals surface area contributed by atoms with Crippen molar-refractivity contribution in [2.75, 3.05) is 14.2 Å². The molecule has 0 aliphatic carbocycles. The van der Waals surface area contributed by atoms with Gasteiger partial charge in [0.15, 0.2) is 0 Å². The van der Waals surface area contributed by atoms with Crippen molar-refractivity contribution >= 4 is 17.8 Å². The molecule has 5 nitrogen and oxygen atoms in total. The molecule has 0 saturated heterocycles. The molecule has 0 radical (unpaired) electrons. The third-order valence-corrected chi connectivity index (χ3v) is 2.77. The van der Waals surface area contributed by atoms with Crippen molar-refractivity contribution in [3.8, 4) is 0 Å². The number of methoxy groups -OCH3 is 1. The molecule has 1 aliphatic heterocycles. The van der Waals surface area contributed by atoms with Crippen LogP contribution in [-0.2, 0) is 16.0 Å². The molecule has 17 heavy (non-hydrogen) atoms. The van der Waals surface area contributed by atoms with Crippen molar-refractivity contribution in [1.82, 2.24) is 4.90 Å². The number of amides is 2. The van der Waals surface area contributed by atoms with Gasteiger partial charge in [0.25, 0.3) is 11.8 Å². The van der Waals surface area contributed by atoms with Crippen LogP contribution in [0.3, 0.4) is 0 Å². The number of hydrogen-bond acceptors (Lipinski definition) is 4. The summed E-state index contributed by atoms with van der Waals surface area (Å²) in [6, 6.07) is 4.89. The molecular weight excluding hydrogens is 222 g/mol. The minimum absolute atomic E-state index is 0.00741. The average molecular weight is 233 g/mol. The van der Waals surface area contributed by atoms with Crippen molar-refractivity contribution in [2.45, 2.75) is 6.42 Å². The zero-order valence-corrected chi connectivity index (χ0v) is 9.52. The lowest BCUT2D eigenvalue weighted by molar-refractivity contribution is -0.139. The van der Waals surface area contributed by atoms with Crippen LogP contribution in [0.15, 0.2) is 18.2 Å². The van der Waals surface area contributed by atoms with Crippen LogP contribution in [0.5, 0.6) is 0 Å². The van der Waals surface area contributed by atoms with Crippen LogP contribution in [0.2, 0.25) is 0 Å². The smallest absolute Gasteiger partial charge is 0.310 e. The van der Waals surface area contributed by atoms with Gasteiger partial charge in [-0.15, -0.1) is 0 Å². The van der Waals surface area contributed by atoms with Crippen LogP contribution >= 0.6 is 0 Å². The van der Waals surface area contributed by atoms with E-state index in [1.165, 1.54) is 14.2 Å². The van der Waals surface area contributed by atoms with Crippen LogP contribution in [0.25, 0.3) is 0 Å². The summed E-state index contributed by atoms with van der Waals surface area (Å²) in [6.07, 6.45) is -0.00741. The van der Waals surface area contributed by atoms with Crippen molar-refractivity contribution in [3.63, 3.8) is 0 Å². The number of imide groups is 1. The summed E-state index contributed by atoms with van der Waals surface area (Å²) in [5, 5.41) is 0. The Morgan fingerprint density at radius 1 is 1.29 bits per heavy atom. The Hall–Kier alpha value is -2.17. The fraction of sp³-hybridized carbons (Fsp3) is 0.250. The first-order valence-electron chi connectivity index (χ1n) is 5.07. The van der Waals surface area contributed by atoms with Crippen LogP contribution < -0.4 is 0 Å². The molecule has 1 heterocycles. The van der Waals surface area contributed by atoms with Crippen LogP contribution in [0, 0.1) is 0 Å². The topological polar surface area (TPSA) is 63.7 Å². The molecule has 1 aliphatic rings. The second kappa shape index (κ2) is 4.01. The molecule has 0 unspecified atom stereocenters. The van der Waals surface area contributed by atoms with Gasteiger partial charge >= 0.3 is 5.97 Å². The lowest BCUT2D eigenvalue weighted by Gasteiger charge is -2.05. The SMILES string of the molecule is COC(=O)Cc1cccc2c1C(=O)N(C)C2=O. The highest BCUT2D eigenvalue weighted by Gasteiger charge is 2.34. The number of esters is 1. The summed E-state index contributed by atoms with van der Waals surface area (Å²) >= 11 is 0. The number of rotatable bonds is 2. The first kappa shape index (κ1) is 11.3. The highest BCUT2D eigenvalue weighted by atomic mass is 16.5. The molecule has 0 N–H and O–H groups in total. The predicted octanol–water partition coefficient (Wildman–Crippen LogP) is 0.628. The van der Waals surface area contributed by atoms with E-state index in [0.29, 0.717) is 16.7 Å². The van der Waals surface area contributed by atoms with Crippen molar-refractivity contribution in [3.05, 3.63) is 34.9 Å². The highest BCUT2D eigenvalue weighted by molar-refractivity contribution is 6.22. The number of nitrogens with zero attached hydrogens (tertiary/aromatic N) is 1. The van der Waals surface area contributed by atoms with Crippen LogP contribution in [-0.4, -0.2) is 36.8 Å². The molecule has 0 fully saturated rings. The summed E-state index contributed by atoms with van der Waals surface area (Å²) in [5.74, 6) is -1.14. The standard InChI is InChI=1S/C12H11NO4/c1-13-11(15)8-5-3-4-7(6-9(14)17-2)10(8)12(13)16/h3-5H,6H2,1-2H3. The molecule has 2 amide bonds. The maximum atomic E-state index is 11.9. The van der Waals surface area contributed by atoms with Gasteiger partial charge in [-0.05, 0) is 11.6 Å². The van der Waals surface area contributed by atoms with E-state index in [9.17, 15) is 14.4 Å². The van der Waals surface area contributed by atoms with Gasteiger partial charge in [-0.1, -0.05) is 12.1 Å². The highest BCUT2D eigenvalue weighted by Crippen LogP contribution is 2.25. The number of fused-ring (bicyclic) bond motifs is 1. The molecule has 1 aromatic rings. The second-order valence-electron chi connectivity index (χ2n) is 3.76. The summed E-state index contributed by atoms with van der Waals surface area (Å²) < 4.78 is 4.55. The molecule has 0 bridgehead atoms. The molecule has 88 valence electrons. The third-order valence-electron chi connectivity index (χ3n) is 2.77. The van der Waals surface area contributed by atoms with Gasteiger partial charge in [0.05, 0.1) is 24.7 Å². The molecule has 0 aromatic heterocycles. The molecular formula is C12H11NO4. The van der Waals surface area contributed by atoms with Gasteiger partial charge in [-0.3, -0.25) is 19.3 Å². The Bertz CT molecular complexity index is 521. The maximum absolute atomic E-state index is 11.9. The largest absolute Gasteiger partial charge is 0.469 e. The predicted molar refractivity (Wildman–Crippen MR) is 58.6 cm³/mol. The van der Waals surface area contributed by atoms with Gasteiger partial charge in [-0.25, -0.2) is 0 Å². The first-order chi connectivity index (χ1) is 8.06. The summed E-state index contributed by atoms with van der Waals surface area (Å²) in [7, 11) is 2.71. The number of benzene rings is 1. The Kier molecular flexibility index (Phi) is 2.67. The monoisotopic (exact) mass is 233 g/mol. The minimum Gasteiger partial charge on any atom is -0.469 e. The average Bonchev–Trinajstić information content (AvgIpc) is 2.55. The zero-order chi connectivity index (χ0) is 12.6. The van der Waals surface area contributed by atoms with Gasteiger partial charge in [0.2, 0.25) is 0 Å². The summed E-state index contributed by atoms with van der Waals surface area (Å²) in [5.41, 5.74) is 1.18. The Morgan fingerprint density at radius 3 is 2.65 bits per heavy atom. The number of hydrogen-bond donors (Lipinski definition) is 0. The normalized spacial score (nSPS) is 13.9. The van der Waals surface area contributed by atoms with Crippen molar-refractivity contribution in [2.24, 2.45) is 0 Å². The quantitative estimate of drug-likeness (QED) is 0.555. The number of carbonyl (C=O) groups excluding carboxylic acids is 3. The Balaban J connectivity index is 2.49. The lowest BCUT2D eigenvalue weighted by atomic mass is 10.0. The Labute approximate surface area is 98.0 Å². The fourth-order valence-corrected chi connectivity index (χ4v) is 1.85. The Morgan fingerprint density at radius 2 is 2.00 bits per heavy atom. The second-order valence-corrected chi connectivity index (χ2v) is 3.76. The van der Waals surface area contributed by atoms with E-state index in [1.54, 1.807) is 18.2 Å². The number of carbonyl (C=O) groups is 3. The van der Waals surface area contributed by atoms with E-state index in [-0.39, 0.29) is 18.2 Å². The minimum atomic E-state index is -0.437. The van der Waals surface area contributed by atoms with Crippen LogP contribution in [0.4, 0.5) is 0 Å². The molecule has 1 aromatic carbocycles. The first-order valence-corrected chi connectivity index (χ1v) is 5.07. The summed E-state index contributed by atoms with van der Waals surface area (Å²) in [6.45, 7) is 0. The molecule has 0 spiro atoms. The van der Waals surface area contributed by atoms with E-state index in [0.717, 1.165) is 4.90 Å². The molecule has 5 heteroatoms. The lowest BCUT2D eigenvalue weighted by Crippen LogP contribution is -2.24.